The molecule has 0 unspecified atom stereocenters. The Bertz CT molecular complexity index is 172. The van der Waals surface area contributed by atoms with E-state index in [1.807, 2.05) is 6.92 Å². The van der Waals surface area contributed by atoms with Crippen LogP contribution in [0.2, 0.25) is 0 Å². The number of hydrogen-bond acceptors (Lipinski definition) is 1. The van der Waals surface area contributed by atoms with Gasteiger partial charge in [-0.25, -0.2) is 0 Å². The van der Waals surface area contributed by atoms with E-state index in [0.29, 0.717) is 0 Å². The molecule has 0 bridgehead atoms. The second-order valence-corrected chi connectivity index (χ2v) is 4.65. The fourth-order valence-corrected chi connectivity index (χ4v) is 1.97. The Labute approximate surface area is 81.9 Å². The Morgan fingerprint density at radius 2 is 1.85 bits per heavy atom. The lowest BCUT2D eigenvalue weighted by atomic mass is 10.1. The van der Waals surface area contributed by atoms with Crippen LogP contribution < -0.4 is 0 Å². The van der Waals surface area contributed by atoms with E-state index in [9.17, 15) is 5.11 Å². The molecule has 0 atom stereocenters. The van der Waals surface area contributed by atoms with Gasteiger partial charge < -0.3 is 5.11 Å². The molecule has 0 aliphatic heterocycles. The van der Waals surface area contributed by atoms with Crippen LogP contribution in [0.25, 0.3) is 0 Å². The van der Waals surface area contributed by atoms with Crippen molar-refractivity contribution in [3.05, 3.63) is 11.6 Å². The monoisotopic (exact) mass is 182 g/mol. The summed E-state index contributed by atoms with van der Waals surface area (Å²) in [6, 6.07) is 0. The predicted molar refractivity (Wildman–Crippen MR) is 56.7 cm³/mol. The van der Waals surface area contributed by atoms with Gasteiger partial charge in [-0.1, -0.05) is 24.5 Å². The van der Waals surface area contributed by atoms with E-state index < -0.39 is 0 Å². The SMILES string of the molecule is CC1(O)CCCC1.CC1=CCCC1. The maximum Gasteiger partial charge on any atom is 0.0619 e. The summed E-state index contributed by atoms with van der Waals surface area (Å²) in [5.74, 6) is 0. The molecule has 0 heterocycles. The standard InChI is InChI=1S/C6H12O.C6H10/c1-6(7)4-2-3-5-6;1-6-4-2-3-5-6/h7H,2-5H2,1H3;4H,2-3,5H2,1H3. The van der Waals surface area contributed by atoms with Crippen LogP contribution in [0.4, 0.5) is 0 Å². The van der Waals surface area contributed by atoms with Crippen LogP contribution >= 0.6 is 0 Å². The van der Waals surface area contributed by atoms with Crippen LogP contribution in [0.15, 0.2) is 11.6 Å². The lowest BCUT2D eigenvalue weighted by molar-refractivity contribution is 0.0681. The third kappa shape index (κ3) is 4.47. The van der Waals surface area contributed by atoms with Crippen molar-refractivity contribution in [2.45, 2.75) is 64.4 Å². The lowest BCUT2D eigenvalue weighted by Crippen LogP contribution is -2.17. The van der Waals surface area contributed by atoms with Gasteiger partial charge in [0.25, 0.3) is 0 Å². The molecule has 1 nitrogen and oxygen atoms in total. The Morgan fingerprint density at radius 1 is 1.23 bits per heavy atom. The zero-order valence-corrected chi connectivity index (χ0v) is 8.97. The molecule has 0 radical (unpaired) electrons. The molecule has 2 aliphatic carbocycles. The molecule has 2 rings (SSSR count). The van der Waals surface area contributed by atoms with Gasteiger partial charge in [0.05, 0.1) is 5.60 Å². The van der Waals surface area contributed by atoms with Crippen LogP contribution in [0.1, 0.15) is 58.8 Å². The van der Waals surface area contributed by atoms with Crippen molar-refractivity contribution in [2.24, 2.45) is 0 Å². The molecule has 76 valence electrons. The molecule has 0 spiro atoms. The Balaban J connectivity index is 0.000000132. The fraction of sp³-hybridized carbons (Fsp3) is 0.833. The van der Waals surface area contributed by atoms with E-state index in [4.69, 9.17) is 0 Å². The third-order valence-corrected chi connectivity index (χ3v) is 2.95. The van der Waals surface area contributed by atoms with Gasteiger partial charge in [0, 0.05) is 0 Å². The van der Waals surface area contributed by atoms with E-state index >= 15 is 0 Å². The van der Waals surface area contributed by atoms with Crippen molar-refractivity contribution in [2.75, 3.05) is 0 Å². The highest BCUT2D eigenvalue weighted by atomic mass is 16.3. The minimum atomic E-state index is -0.306. The highest BCUT2D eigenvalue weighted by Crippen LogP contribution is 2.27. The molecular weight excluding hydrogens is 160 g/mol. The molecule has 1 saturated carbocycles. The molecule has 0 aromatic heterocycles. The quantitative estimate of drug-likeness (QED) is 0.569. The zero-order chi connectivity index (χ0) is 9.73. The average molecular weight is 182 g/mol. The largest absolute Gasteiger partial charge is 0.390 e. The lowest BCUT2D eigenvalue weighted by Gasteiger charge is -2.12. The van der Waals surface area contributed by atoms with Gasteiger partial charge in [0.15, 0.2) is 0 Å². The van der Waals surface area contributed by atoms with Gasteiger partial charge in [-0.15, -0.1) is 0 Å². The van der Waals surface area contributed by atoms with Crippen molar-refractivity contribution in [3.8, 4) is 0 Å². The second-order valence-electron chi connectivity index (χ2n) is 4.65. The van der Waals surface area contributed by atoms with Crippen LogP contribution in [0.3, 0.4) is 0 Å². The van der Waals surface area contributed by atoms with Gasteiger partial charge in [0.2, 0.25) is 0 Å². The number of hydrogen-bond donors (Lipinski definition) is 1. The van der Waals surface area contributed by atoms with E-state index in [2.05, 4.69) is 13.0 Å². The minimum absolute atomic E-state index is 0.306. The topological polar surface area (TPSA) is 20.2 Å². The molecule has 0 aromatic carbocycles. The first-order valence-electron chi connectivity index (χ1n) is 5.48. The maximum absolute atomic E-state index is 9.19. The number of allylic oxidation sites excluding steroid dienone is 2. The minimum Gasteiger partial charge on any atom is -0.390 e. The van der Waals surface area contributed by atoms with Gasteiger partial charge in [0.1, 0.15) is 0 Å². The first-order valence-corrected chi connectivity index (χ1v) is 5.48. The van der Waals surface area contributed by atoms with E-state index in [1.165, 1.54) is 32.1 Å². The molecule has 0 aromatic rings. The molecular formula is C12H22O. The molecule has 2 aliphatic rings. The zero-order valence-electron chi connectivity index (χ0n) is 8.97. The average Bonchev–Trinajstić information content (AvgIpc) is 2.62. The summed E-state index contributed by atoms with van der Waals surface area (Å²) >= 11 is 0. The van der Waals surface area contributed by atoms with Gasteiger partial charge >= 0.3 is 0 Å². The summed E-state index contributed by atoms with van der Waals surface area (Å²) in [5.41, 5.74) is 1.27. The van der Waals surface area contributed by atoms with E-state index in [0.717, 1.165) is 12.8 Å². The fourth-order valence-electron chi connectivity index (χ4n) is 1.97. The van der Waals surface area contributed by atoms with Crippen molar-refractivity contribution in [3.63, 3.8) is 0 Å². The molecule has 0 saturated heterocycles. The van der Waals surface area contributed by atoms with Gasteiger partial charge in [-0.05, 0) is 46.0 Å². The Kier molecular flexibility index (Phi) is 3.98. The highest BCUT2D eigenvalue weighted by Gasteiger charge is 2.24. The van der Waals surface area contributed by atoms with Gasteiger partial charge in [-0.2, -0.15) is 0 Å². The van der Waals surface area contributed by atoms with Gasteiger partial charge in [-0.3, -0.25) is 0 Å². The summed E-state index contributed by atoms with van der Waals surface area (Å²) in [5, 5.41) is 9.19. The smallest absolute Gasteiger partial charge is 0.0619 e. The van der Waals surface area contributed by atoms with Crippen molar-refractivity contribution in [1.29, 1.82) is 0 Å². The number of rotatable bonds is 0. The third-order valence-electron chi connectivity index (χ3n) is 2.95. The van der Waals surface area contributed by atoms with Crippen LogP contribution in [0.5, 0.6) is 0 Å². The van der Waals surface area contributed by atoms with Crippen LogP contribution in [-0.4, -0.2) is 10.7 Å². The van der Waals surface area contributed by atoms with Crippen LogP contribution in [-0.2, 0) is 0 Å². The predicted octanol–water partition coefficient (Wildman–Crippen LogP) is 3.43. The summed E-state index contributed by atoms with van der Waals surface area (Å²) in [6.45, 7) is 4.12. The summed E-state index contributed by atoms with van der Waals surface area (Å²) in [4.78, 5) is 0. The van der Waals surface area contributed by atoms with E-state index in [-0.39, 0.29) is 5.60 Å². The normalized spacial score (nSPS) is 25.0. The summed E-state index contributed by atoms with van der Waals surface area (Å²) in [7, 11) is 0. The van der Waals surface area contributed by atoms with Crippen molar-refractivity contribution < 1.29 is 5.11 Å². The highest BCUT2D eigenvalue weighted by molar-refractivity contribution is 5.02. The van der Waals surface area contributed by atoms with E-state index in [1.54, 1.807) is 5.57 Å². The molecule has 1 N–H and O–H groups in total. The molecule has 1 heteroatoms. The molecule has 1 fully saturated rings. The molecule has 0 amide bonds. The maximum atomic E-state index is 9.19. The van der Waals surface area contributed by atoms with Crippen molar-refractivity contribution >= 4 is 0 Å². The Hall–Kier alpha value is -0.300. The molecule has 13 heavy (non-hydrogen) atoms. The van der Waals surface area contributed by atoms with Crippen LogP contribution in [0, 0.1) is 0 Å². The van der Waals surface area contributed by atoms with Crippen molar-refractivity contribution in [1.82, 2.24) is 0 Å². The first kappa shape index (κ1) is 10.8. The summed E-state index contributed by atoms with van der Waals surface area (Å²) < 4.78 is 0. The number of aliphatic hydroxyl groups is 1. The summed E-state index contributed by atoms with van der Waals surface area (Å²) in [6.07, 6.45) is 10.8. The Morgan fingerprint density at radius 3 is 2.00 bits per heavy atom. The first-order chi connectivity index (χ1) is 6.10. The second kappa shape index (κ2) is 4.80.